The lowest BCUT2D eigenvalue weighted by Crippen LogP contribution is -2.02. The number of fused-ring (bicyclic) bond motifs is 1. The van der Waals surface area contributed by atoms with Gasteiger partial charge in [0.2, 0.25) is 0 Å². The van der Waals surface area contributed by atoms with E-state index < -0.39 is 0 Å². The number of carbonyl (C=O) groups is 1. The molecule has 0 spiro atoms. The first-order valence-corrected chi connectivity index (χ1v) is 10.6. The van der Waals surface area contributed by atoms with Crippen LogP contribution < -0.4 is 0 Å². The molecule has 2 nitrogen and oxygen atoms in total. The summed E-state index contributed by atoms with van der Waals surface area (Å²) < 4.78 is 1.08. The Kier molecular flexibility index (Phi) is 5.19. The van der Waals surface area contributed by atoms with E-state index in [1.165, 1.54) is 4.90 Å². The number of benzene rings is 3. The fourth-order valence-corrected chi connectivity index (χ4v) is 4.21. The third kappa shape index (κ3) is 3.87. The maximum atomic E-state index is 13.2. The number of thiazole rings is 1. The lowest BCUT2D eigenvalue weighted by molar-refractivity contribution is 0.105. The van der Waals surface area contributed by atoms with E-state index in [2.05, 4.69) is 18.4 Å². The van der Waals surface area contributed by atoms with E-state index in [9.17, 15) is 4.79 Å². The Labute approximate surface area is 166 Å². The zero-order valence-corrected chi connectivity index (χ0v) is 16.4. The second kappa shape index (κ2) is 7.91. The topological polar surface area (TPSA) is 30.0 Å². The Balaban J connectivity index is 1.83. The van der Waals surface area contributed by atoms with E-state index >= 15 is 0 Å². The number of ketones is 1. The van der Waals surface area contributed by atoms with Gasteiger partial charge in [-0.2, -0.15) is 0 Å². The van der Waals surface area contributed by atoms with E-state index in [4.69, 9.17) is 4.98 Å². The molecule has 0 unspecified atom stereocenters. The number of aromatic nitrogens is 1. The van der Waals surface area contributed by atoms with Crippen LogP contribution in [0.15, 0.2) is 83.8 Å². The first kappa shape index (κ1) is 17.7. The Morgan fingerprint density at radius 3 is 2.33 bits per heavy atom. The fraction of sp³-hybridized carbons (Fsp3) is 0.0435. The number of allylic oxidation sites excluding steroid dienone is 1. The summed E-state index contributed by atoms with van der Waals surface area (Å²) in [4.78, 5) is 19.2. The van der Waals surface area contributed by atoms with Crippen molar-refractivity contribution in [2.24, 2.45) is 0 Å². The number of thioether (sulfide) groups is 1. The molecule has 0 saturated heterocycles. The van der Waals surface area contributed by atoms with Crippen molar-refractivity contribution in [1.29, 1.82) is 0 Å². The van der Waals surface area contributed by atoms with Crippen LogP contribution in [0.4, 0.5) is 0 Å². The number of Topliss-reactive ketones (excluding diaryl/α,β-unsaturated/α-hetero) is 1. The van der Waals surface area contributed by atoms with Crippen molar-refractivity contribution in [2.45, 2.75) is 4.90 Å². The number of carbonyl (C=O) groups excluding carboxylic acids is 1. The predicted octanol–water partition coefficient (Wildman–Crippen LogP) is 6.44. The molecule has 0 aliphatic heterocycles. The molecule has 27 heavy (non-hydrogen) atoms. The Morgan fingerprint density at radius 2 is 1.63 bits per heavy atom. The summed E-state index contributed by atoms with van der Waals surface area (Å²) in [6.07, 6.45) is 3.99. The minimum atomic E-state index is -0.0106. The monoisotopic (exact) mass is 387 g/mol. The molecule has 0 aliphatic carbocycles. The first-order valence-electron chi connectivity index (χ1n) is 8.56. The summed E-state index contributed by atoms with van der Waals surface area (Å²) in [6.45, 7) is 0. The van der Waals surface area contributed by atoms with Gasteiger partial charge in [-0.05, 0) is 42.2 Å². The zero-order chi connectivity index (χ0) is 18.6. The molecule has 1 heterocycles. The molecule has 1 aromatic heterocycles. The maximum absolute atomic E-state index is 13.2. The zero-order valence-electron chi connectivity index (χ0n) is 14.8. The van der Waals surface area contributed by atoms with Crippen LogP contribution in [0.2, 0.25) is 0 Å². The predicted molar refractivity (Wildman–Crippen MR) is 116 cm³/mol. The van der Waals surface area contributed by atoms with Gasteiger partial charge in [0.15, 0.2) is 5.78 Å². The van der Waals surface area contributed by atoms with Gasteiger partial charge in [0, 0.05) is 10.5 Å². The van der Waals surface area contributed by atoms with Crippen molar-refractivity contribution >= 4 is 50.7 Å². The Morgan fingerprint density at radius 1 is 0.926 bits per heavy atom. The average Bonchev–Trinajstić information content (AvgIpc) is 3.16. The molecule has 0 amide bonds. The summed E-state index contributed by atoms with van der Waals surface area (Å²) in [5.74, 6) is -0.0106. The van der Waals surface area contributed by atoms with E-state index in [1.807, 2.05) is 72.8 Å². The van der Waals surface area contributed by atoms with Crippen LogP contribution >= 0.6 is 23.1 Å². The summed E-state index contributed by atoms with van der Waals surface area (Å²) in [7, 11) is 0. The van der Waals surface area contributed by atoms with Crippen LogP contribution in [-0.4, -0.2) is 17.0 Å². The third-order valence-electron chi connectivity index (χ3n) is 4.23. The van der Waals surface area contributed by atoms with Crippen LogP contribution in [0.1, 0.15) is 20.9 Å². The highest BCUT2D eigenvalue weighted by atomic mass is 32.2. The van der Waals surface area contributed by atoms with Crippen LogP contribution in [0.25, 0.3) is 21.9 Å². The van der Waals surface area contributed by atoms with Crippen molar-refractivity contribution in [3.8, 4) is 0 Å². The normalized spacial score (nSPS) is 11.7. The molecule has 0 bridgehead atoms. The van der Waals surface area contributed by atoms with Gasteiger partial charge in [0.1, 0.15) is 5.01 Å². The first-order chi connectivity index (χ1) is 13.2. The van der Waals surface area contributed by atoms with Gasteiger partial charge in [-0.25, -0.2) is 4.98 Å². The van der Waals surface area contributed by atoms with Crippen molar-refractivity contribution < 1.29 is 4.79 Å². The van der Waals surface area contributed by atoms with Crippen LogP contribution in [-0.2, 0) is 0 Å². The summed E-state index contributed by atoms with van der Waals surface area (Å²) >= 11 is 3.25. The van der Waals surface area contributed by atoms with Crippen LogP contribution in [0, 0.1) is 0 Å². The molecule has 0 aliphatic rings. The molecule has 0 N–H and O–H groups in total. The number of hydrogen-bond acceptors (Lipinski definition) is 4. The Hall–Kier alpha value is -2.69. The highest BCUT2D eigenvalue weighted by molar-refractivity contribution is 7.98. The molecule has 4 aromatic rings. The van der Waals surface area contributed by atoms with Gasteiger partial charge >= 0.3 is 0 Å². The van der Waals surface area contributed by atoms with E-state index in [-0.39, 0.29) is 5.78 Å². The Bertz CT molecular complexity index is 1080. The quantitative estimate of drug-likeness (QED) is 0.224. The standard InChI is InChI=1S/C23H17NOS2/c1-26-18-13-11-16(12-14-18)15-19(22(25)17-7-3-2-4-8-17)23-24-20-9-5-6-10-21(20)27-23/h2-15H,1H3. The summed E-state index contributed by atoms with van der Waals surface area (Å²) in [5.41, 5.74) is 3.20. The molecular weight excluding hydrogens is 370 g/mol. The van der Waals surface area contributed by atoms with Crippen molar-refractivity contribution in [1.82, 2.24) is 4.98 Å². The highest BCUT2D eigenvalue weighted by Gasteiger charge is 2.18. The molecule has 4 heteroatoms. The number of hydrogen-bond donors (Lipinski definition) is 0. The lowest BCUT2D eigenvalue weighted by atomic mass is 10.0. The maximum Gasteiger partial charge on any atom is 0.196 e. The van der Waals surface area contributed by atoms with Gasteiger partial charge in [-0.15, -0.1) is 23.1 Å². The summed E-state index contributed by atoms with van der Waals surface area (Å²) in [6, 6.07) is 25.6. The van der Waals surface area contributed by atoms with Gasteiger partial charge < -0.3 is 0 Å². The van der Waals surface area contributed by atoms with Crippen molar-refractivity contribution in [3.05, 3.63) is 95.0 Å². The molecule has 0 saturated carbocycles. The van der Waals surface area contributed by atoms with Crippen LogP contribution in [0.3, 0.4) is 0 Å². The molecule has 4 rings (SSSR count). The largest absolute Gasteiger partial charge is 0.288 e. The molecule has 132 valence electrons. The van der Waals surface area contributed by atoms with E-state index in [0.29, 0.717) is 11.1 Å². The molecular formula is C23H17NOS2. The third-order valence-corrected chi connectivity index (χ3v) is 6.04. The molecule has 0 radical (unpaired) electrons. The van der Waals surface area contributed by atoms with Gasteiger partial charge in [-0.1, -0.05) is 54.6 Å². The van der Waals surface area contributed by atoms with Gasteiger partial charge in [-0.3, -0.25) is 4.79 Å². The molecule has 0 atom stereocenters. The highest BCUT2D eigenvalue weighted by Crippen LogP contribution is 2.31. The summed E-state index contributed by atoms with van der Waals surface area (Å²) in [5, 5.41) is 0.749. The minimum absolute atomic E-state index is 0.0106. The second-order valence-electron chi connectivity index (χ2n) is 6.01. The SMILES string of the molecule is CSc1ccc(C=C(C(=O)c2ccccc2)c2nc3ccccc3s2)cc1. The van der Waals surface area contributed by atoms with Crippen LogP contribution in [0.5, 0.6) is 0 Å². The van der Waals surface area contributed by atoms with Gasteiger partial charge in [0.25, 0.3) is 0 Å². The fourth-order valence-electron chi connectivity index (χ4n) is 2.82. The van der Waals surface area contributed by atoms with Gasteiger partial charge in [0.05, 0.1) is 15.8 Å². The minimum Gasteiger partial charge on any atom is -0.288 e. The number of rotatable bonds is 5. The number of nitrogens with zero attached hydrogens (tertiary/aromatic N) is 1. The number of para-hydroxylation sites is 1. The van der Waals surface area contributed by atoms with Crippen molar-refractivity contribution in [2.75, 3.05) is 6.26 Å². The lowest BCUT2D eigenvalue weighted by Gasteiger charge is -2.05. The molecule has 0 fully saturated rings. The average molecular weight is 388 g/mol. The van der Waals surface area contributed by atoms with Crippen molar-refractivity contribution in [3.63, 3.8) is 0 Å². The second-order valence-corrected chi connectivity index (χ2v) is 7.92. The van der Waals surface area contributed by atoms with E-state index in [1.54, 1.807) is 23.1 Å². The smallest absolute Gasteiger partial charge is 0.196 e. The van der Waals surface area contributed by atoms with E-state index in [0.717, 1.165) is 20.8 Å². The molecule has 3 aromatic carbocycles.